The summed E-state index contributed by atoms with van der Waals surface area (Å²) in [6.07, 6.45) is 3.67. The van der Waals surface area contributed by atoms with Gasteiger partial charge in [0.05, 0.1) is 18.0 Å². The number of carbonyl (C=O) groups excluding carboxylic acids is 1. The Morgan fingerprint density at radius 2 is 2.30 bits per heavy atom. The van der Waals surface area contributed by atoms with Crippen molar-refractivity contribution in [1.29, 1.82) is 0 Å². The van der Waals surface area contributed by atoms with E-state index in [4.69, 9.17) is 4.74 Å². The number of ether oxygens (including phenoxy) is 1. The Kier molecular flexibility index (Phi) is 6.11. The number of hydrogen-bond acceptors (Lipinski definition) is 7. The molecule has 3 rings (SSSR count). The quantitative estimate of drug-likeness (QED) is 0.424. The maximum atomic E-state index is 12.9. The van der Waals surface area contributed by atoms with Gasteiger partial charge in [-0.2, -0.15) is 10.1 Å². The largest absolute Gasteiger partial charge is 0.380 e. The average molecular weight is 366 g/mol. The second-order valence-electron chi connectivity index (χ2n) is 5.75. The molecule has 3 heterocycles. The van der Waals surface area contributed by atoms with Crippen LogP contribution in [0.4, 0.5) is 17.3 Å². The van der Waals surface area contributed by atoms with E-state index < -0.39 is 0 Å². The smallest absolute Gasteiger partial charge is 0.277 e. The van der Waals surface area contributed by atoms with Crippen LogP contribution < -0.4 is 15.6 Å². The van der Waals surface area contributed by atoms with Crippen molar-refractivity contribution in [2.24, 2.45) is 5.10 Å². The van der Waals surface area contributed by atoms with Gasteiger partial charge in [0.15, 0.2) is 5.82 Å². The van der Waals surface area contributed by atoms with E-state index in [-0.39, 0.29) is 5.91 Å². The molecular weight excluding hydrogens is 344 g/mol. The standard InChI is InChI=1S/C19H22N6O2/c1-3-27-11-10-21-17-8-7-15-16(24-17)12-14(13-23-15)19(26)25(20-2)18-6-4-5-9-22-18/h4-9,13,23H,2-3,10-12H2,1H3,(H,21,24). The van der Waals surface area contributed by atoms with Gasteiger partial charge >= 0.3 is 0 Å². The van der Waals surface area contributed by atoms with E-state index in [0.29, 0.717) is 37.6 Å². The molecule has 1 aliphatic rings. The van der Waals surface area contributed by atoms with E-state index in [1.807, 2.05) is 19.1 Å². The molecule has 0 bridgehead atoms. The molecule has 0 radical (unpaired) electrons. The van der Waals surface area contributed by atoms with Crippen molar-refractivity contribution in [2.75, 3.05) is 35.4 Å². The number of anilines is 3. The van der Waals surface area contributed by atoms with Gasteiger partial charge in [-0.15, -0.1) is 0 Å². The Morgan fingerprint density at radius 3 is 3.04 bits per heavy atom. The molecule has 0 aliphatic carbocycles. The van der Waals surface area contributed by atoms with Crippen molar-refractivity contribution >= 4 is 29.9 Å². The highest BCUT2D eigenvalue weighted by atomic mass is 16.5. The predicted octanol–water partition coefficient (Wildman–Crippen LogP) is 2.43. The first-order valence-electron chi connectivity index (χ1n) is 8.72. The number of nitrogens with one attached hydrogen (secondary N) is 2. The fourth-order valence-electron chi connectivity index (χ4n) is 2.65. The predicted molar refractivity (Wildman–Crippen MR) is 106 cm³/mol. The van der Waals surface area contributed by atoms with Gasteiger partial charge in [0.1, 0.15) is 5.82 Å². The Hall–Kier alpha value is -3.26. The lowest BCUT2D eigenvalue weighted by molar-refractivity contribution is -0.115. The number of hydrazone groups is 1. The van der Waals surface area contributed by atoms with Crippen LogP contribution in [0.15, 0.2) is 53.4 Å². The number of carbonyl (C=O) groups is 1. The van der Waals surface area contributed by atoms with E-state index >= 15 is 0 Å². The third-order valence-corrected chi connectivity index (χ3v) is 3.97. The molecule has 0 aromatic carbocycles. The van der Waals surface area contributed by atoms with Crippen molar-refractivity contribution in [3.05, 3.63) is 54.0 Å². The molecule has 0 unspecified atom stereocenters. The highest BCUT2D eigenvalue weighted by Crippen LogP contribution is 2.26. The molecule has 8 heteroatoms. The molecule has 0 saturated carbocycles. The Bertz CT molecular complexity index is 837. The minimum atomic E-state index is -0.293. The lowest BCUT2D eigenvalue weighted by Gasteiger charge is -2.21. The number of nitrogens with zero attached hydrogens (tertiary/aromatic N) is 4. The van der Waals surface area contributed by atoms with E-state index in [2.05, 4.69) is 32.4 Å². The van der Waals surface area contributed by atoms with Gasteiger partial charge in [-0.25, -0.2) is 9.97 Å². The summed E-state index contributed by atoms with van der Waals surface area (Å²) >= 11 is 0. The summed E-state index contributed by atoms with van der Waals surface area (Å²) in [7, 11) is 0. The summed E-state index contributed by atoms with van der Waals surface area (Å²) in [6.45, 7) is 7.41. The number of fused-ring (bicyclic) bond motifs is 1. The molecule has 140 valence electrons. The van der Waals surface area contributed by atoms with Crippen molar-refractivity contribution in [1.82, 2.24) is 9.97 Å². The van der Waals surface area contributed by atoms with Crippen LogP contribution in [0, 0.1) is 0 Å². The average Bonchev–Trinajstić information content (AvgIpc) is 2.72. The Balaban J connectivity index is 1.71. The van der Waals surface area contributed by atoms with Crippen LogP contribution in [0.25, 0.3) is 0 Å². The van der Waals surface area contributed by atoms with Gasteiger partial charge in [0.2, 0.25) is 0 Å². The zero-order valence-corrected chi connectivity index (χ0v) is 15.2. The number of amides is 1. The van der Waals surface area contributed by atoms with Crippen LogP contribution in [0.3, 0.4) is 0 Å². The normalized spacial score (nSPS) is 12.4. The lowest BCUT2D eigenvalue weighted by Crippen LogP contribution is -2.30. The molecule has 1 aliphatic heterocycles. The van der Waals surface area contributed by atoms with Gasteiger partial charge in [-0.05, 0) is 31.2 Å². The number of rotatable bonds is 8. The minimum absolute atomic E-state index is 0.293. The molecule has 2 aromatic heterocycles. The Labute approximate surface area is 158 Å². The SMILES string of the molecule is C=NN(C(=O)C1=CNc2ccc(NCCOCC)nc2C1)c1ccccn1. The number of aromatic nitrogens is 2. The molecule has 0 spiro atoms. The van der Waals surface area contributed by atoms with Gasteiger partial charge in [-0.1, -0.05) is 6.07 Å². The minimum Gasteiger partial charge on any atom is -0.380 e. The van der Waals surface area contributed by atoms with E-state index in [0.717, 1.165) is 17.2 Å². The summed E-state index contributed by atoms with van der Waals surface area (Å²) in [6, 6.07) is 9.10. The van der Waals surface area contributed by atoms with Crippen LogP contribution in [0.1, 0.15) is 12.6 Å². The van der Waals surface area contributed by atoms with Crippen molar-refractivity contribution in [3.63, 3.8) is 0 Å². The maximum Gasteiger partial charge on any atom is 0.277 e. The van der Waals surface area contributed by atoms with Gasteiger partial charge < -0.3 is 15.4 Å². The third-order valence-electron chi connectivity index (χ3n) is 3.97. The topological polar surface area (TPSA) is 91.7 Å². The highest BCUT2D eigenvalue weighted by Gasteiger charge is 2.24. The maximum absolute atomic E-state index is 12.9. The molecule has 1 amide bonds. The molecule has 8 nitrogen and oxygen atoms in total. The van der Waals surface area contributed by atoms with Crippen molar-refractivity contribution in [3.8, 4) is 0 Å². The summed E-state index contributed by atoms with van der Waals surface area (Å²) < 4.78 is 5.31. The second kappa shape index (κ2) is 8.91. The van der Waals surface area contributed by atoms with E-state index in [1.54, 1.807) is 30.6 Å². The first kappa shape index (κ1) is 18.5. The zero-order chi connectivity index (χ0) is 19.1. The fourth-order valence-corrected chi connectivity index (χ4v) is 2.65. The van der Waals surface area contributed by atoms with E-state index in [1.165, 1.54) is 5.01 Å². The van der Waals surface area contributed by atoms with Gasteiger partial charge in [0, 0.05) is 44.3 Å². The second-order valence-corrected chi connectivity index (χ2v) is 5.75. The number of hydrogen-bond donors (Lipinski definition) is 2. The van der Waals surface area contributed by atoms with Gasteiger partial charge in [0.25, 0.3) is 5.91 Å². The summed E-state index contributed by atoms with van der Waals surface area (Å²) in [5.41, 5.74) is 2.18. The Morgan fingerprint density at radius 1 is 1.41 bits per heavy atom. The van der Waals surface area contributed by atoms with Crippen molar-refractivity contribution < 1.29 is 9.53 Å². The first-order valence-corrected chi connectivity index (χ1v) is 8.72. The highest BCUT2D eigenvalue weighted by molar-refractivity contribution is 6.05. The first-order chi connectivity index (χ1) is 13.2. The van der Waals surface area contributed by atoms with E-state index in [9.17, 15) is 4.79 Å². The zero-order valence-electron chi connectivity index (χ0n) is 15.2. The monoisotopic (exact) mass is 366 g/mol. The molecule has 2 aromatic rings. The number of pyridine rings is 2. The molecule has 27 heavy (non-hydrogen) atoms. The third kappa shape index (κ3) is 4.48. The van der Waals surface area contributed by atoms with Crippen LogP contribution in [0.5, 0.6) is 0 Å². The van der Waals surface area contributed by atoms with Crippen molar-refractivity contribution in [2.45, 2.75) is 13.3 Å². The summed E-state index contributed by atoms with van der Waals surface area (Å²) in [5, 5.41) is 11.3. The van der Waals surface area contributed by atoms with Crippen LogP contribution in [-0.2, 0) is 16.0 Å². The lowest BCUT2D eigenvalue weighted by atomic mass is 10.1. The summed E-state index contributed by atoms with van der Waals surface area (Å²) in [4.78, 5) is 21.6. The van der Waals surface area contributed by atoms with Crippen LogP contribution >= 0.6 is 0 Å². The fraction of sp³-hybridized carbons (Fsp3) is 0.263. The summed E-state index contributed by atoms with van der Waals surface area (Å²) in [5.74, 6) is 0.870. The molecule has 2 N–H and O–H groups in total. The van der Waals surface area contributed by atoms with Crippen LogP contribution in [0.2, 0.25) is 0 Å². The molecule has 0 saturated heterocycles. The molecule has 0 atom stereocenters. The van der Waals surface area contributed by atoms with Gasteiger partial charge in [-0.3, -0.25) is 4.79 Å². The molecular formula is C19H22N6O2. The van der Waals surface area contributed by atoms with Crippen LogP contribution in [-0.4, -0.2) is 42.4 Å². The molecule has 0 fully saturated rings.